The van der Waals surface area contributed by atoms with Crippen molar-refractivity contribution in [2.24, 2.45) is 12.5 Å². The van der Waals surface area contributed by atoms with Crippen LogP contribution in [0.1, 0.15) is 31.5 Å². The number of ether oxygens (including phenoxy) is 1. The lowest BCUT2D eigenvalue weighted by Crippen LogP contribution is -2.27. The molecule has 1 aliphatic rings. The van der Waals surface area contributed by atoms with Crippen molar-refractivity contribution in [2.75, 3.05) is 38.3 Å². The minimum atomic E-state index is 0.402. The van der Waals surface area contributed by atoms with Gasteiger partial charge in [0, 0.05) is 45.9 Å². The number of anilines is 1. The summed E-state index contributed by atoms with van der Waals surface area (Å²) in [5.41, 5.74) is 2.84. The molecule has 1 aromatic heterocycles. The van der Waals surface area contributed by atoms with Crippen molar-refractivity contribution < 1.29 is 4.74 Å². The van der Waals surface area contributed by atoms with Crippen LogP contribution in [-0.4, -0.2) is 43.1 Å². The summed E-state index contributed by atoms with van der Waals surface area (Å²) in [5.74, 6) is 1.28. The summed E-state index contributed by atoms with van der Waals surface area (Å²) in [4.78, 5) is 2.48. The van der Waals surface area contributed by atoms with Gasteiger partial charge in [-0.25, -0.2) is 0 Å². The topological polar surface area (TPSA) is 42.3 Å². The van der Waals surface area contributed by atoms with Crippen LogP contribution < -0.4 is 10.2 Å². The molecule has 0 radical (unpaired) electrons. The molecule has 5 heteroatoms. The summed E-state index contributed by atoms with van der Waals surface area (Å²) in [6, 6.07) is 0. The first-order valence-electron chi connectivity index (χ1n) is 7.42. The van der Waals surface area contributed by atoms with E-state index in [1.54, 1.807) is 7.11 Å². The molecule has 0 bridgehead atoms. The van der Waals surface area contributed by atoms with Gasteiger partial charge in [-0.1, -0.05) is 13.8 Å². The number of nitrogens with zero attached hydrogens (tertiary/aromatic N) is 3. The number of hydrogen-bond donors (Lipinski definition) is 1. The maximum atomic E-state index is 5.08. The minimum Gasteiger partial charge on any atom is -0.383 e. The molecule has 0 spiro atoms. The number of aromatic nitrogens is 2. The van der Waals surface area contributed by atoms with E-state index in [2.05, 4.69) is 36.1 Å². The molecule has 20 heavy (non-hydrogen) atoms. The van der Waals surface area contributed by atoms with E-state index in [0.717, 1.165) is 38.5 Å². The maximum absolute atomic E-state index is 5.08. The normalized spacial score (nSPS) is 17.9. The molecule has 1 aromatic rings. The lowest BCUT2D eigenvalue weighted by Gasteiger charge is -2.23. The van der Waals surface area contributed by atoms with Crippen molar-refractivity contribution >= 4 is 5.82 Å². The highest BCUT2D eigenvalue weighted by Gasteiger charge is 2.32. The van der Waals surface area contributed by atoms with E-state index in [0.29, 0.717) is 5.41 Å². The number of nitrogens with one attached hydrogen (secondary N) is 1. The van der Waals surface area contributed by atoms with E-state index < -0.39 is 0 Å². The van der Waals surface area contributed by atoms with E-state index in [9.17, 15) is 0 Å². The van der Waals surface area contributed by atoms with Crippen LogP contribution in [0.3, 0.4) is 0 Å². The van der Waals surface area contributed by atoms with Gasteiger partial charge in [-0.05, 0) is 18.8 Å². The average Bonchev–Trinajstić information content (AvgIpc) is 2.85. The summed E-state index contributed by atoms with van der Waals surface area (Å²) in [5, 5.41) is 8.04. The van der Waals surface area contributed by atoms with E-state index in [-0.39, 0.29) is 0 Å². The molecular formula is C15H28N4O. The first kappa shape index (κ1) is 15.3. The molecule has 0 unspecified atom stereocenters. The van der Waals surface area contributed by atoms with Gasteiger partial charge < -0.3 is 15.0 Å². The highest BCUT2D eigenvalue weighted by Crippen LogP contribution is 2.34. The zero-order valence-corrected chi connectivity index (χ0v) is 13.5. The number of rotatable bonds is 6. The van der Waals surface area contributed by atoms with E-state index in [1.165, 1.54) is 17.8 Å². The fourth-order valence-corrected chi connectivity index (χ4v) is 2.97. The van der Waals surface area contributed by atoms with Crippen molar-refractivity contribution in [3.05, 3.63) is 11.3 Å². The number of aryl methyl sites for hydroxylation is 2. The lowest BCUT2D eigenvalue weighted by molar-refractivity contribution is 0.199. The van der Waals surface area contributed by atoms with Gasteiger partial charge in [0.05, 0.1) is 12.3 Å². The van der Waals surface area contributed by atoms with Crippen LogP contribution in [0.25, 0.3) is 0 Å². The smallest absolute Gasteiger partial charge is 0.131 e. The molecule has 2 heterocycles. The molecule has 0 aliphatic carbocycles. The Labute approximate surface area is 122 Å². The van der Waals surface area contributed by atoms with Gasteiger partial charge in [0.2, 0.25) is 0 Å². The second-order valence-corrected chi connectivity index (χ2v) is 6.52. The Morgan fingerprint density at radius 1 is 1.40 bits per heavy atom. The van der Waals surface area contributed by atoms with Gasteiger partial charge in [0.15, 0.2) is 0 Å². The summed E-state index contributed by atoms with van der Waals surface area (Å²) in [6.07, 6.45) is 1.24. The fraction of sp³-hybridized carbons (Fsp3) is 0.800. The van der Waals surface area contributed by atoms with Crippen molar-refractivity contribution in [1.82, 2.24) is 15.1 Å². The van der Waals surface area contributed by atoms with Crippen LogP contribution in [0.5, 0.6) is 0 Å². The highest BCUT2D eigenvalue weighted by molar-refractivity contribution is 5.51. The van der Waals surface area contributed by atoms with Crippen molar-refractivity contribution in [1.29, 1.82) is 0 Å². The van der Waals surface area contributed by atoms with E-state index in [1.807, 2.05) is 11.7 Å². The zero-order valence-electron chi connectivity index (χ0n) is 13.5. The lowest BCUT2D eigenvalue weighted by atomic mass is 9.93. The van der Waals surface area contributed by atoms with Crippen molar-refractivity contribution in [3.8, 4) is 0 Å². The van der Waals surface area contributed by atoms with Gasteiger partial charge in [-0.2, -0.15) is 5.10 Å². The summed E-state index contributed by atoms with van der Waals surface area (Å²) in [7, 11) is 3.78. The van der Waals surface area contributed by atoms with Gasteiger partial charge in [-0.3, -0.25) is 4.68 Å². The first-order chi connectivity index (χ1) is 9.44. The monoisotopic (exact) mass is 280 g/mol. The standard InChI is InChI=1S/C15H28N4O/c1-12-13(10-16-7-9-20-5)14(18(4)17-12)19-8-6-15(2,3)11-19/h16H,6-11H2,1-5H3. The predicted octanol–water partition coefficient (Wildman–Crippen LogP) is 1.70. The molecule has 1 fully saturated rings. The molecule has 0 saturated carbocycles. The SMILES string of the molecule is COCCNCc1c(C)nn(C)c1N1CCC(C)(C)C1. The van der Waals surface area contributed by atoms with Crippen molar-refractivity contribution in [3.63, 3.8) is 0 Å². The second-order valence-electron chi connectivity index (χ2n) is 6.52. The average molecular weight is 280 g/mol. The molecular weight excluding hydrogens is 252 g/mol. The third-order valence-electron chi connectivity index (χ3n) is 4.07. The molecule has 5 nitrogen and oxygen atoms in total. The van der Waals surface area contributed by atoms with Crippen LogP contribution >= 0.6 is 0 Å². The molecule has 0 atom stereocenters. The van der Waals surface area contributed by atoms with E-state index >= 15 is 0 Å². The van der Waals surface area contributed by atoms with Gasteiger partial charge in [0.1, 0.15) is 5.82 Å². The Hall–Kier alpha value is -1.07. The van der Waals surface area contributed by atoms with Gasteiger partial charge in [-0.15, -0.1) is 0 Å². The van der Waals surface area contributed by atoms with Gasteiger partial charge in [0.25, 0.3) is 0 Å². The first-order valence-corrected chi connectivity index (χ1v) is 7.42. The van der Waals surface area contributed by atoms with Gasteiger partial charge >= 0.3 is 0 Å². The van der Waals surface area contributed by atoms with E-state index in [4.69, 9.17) is 4.74 Å². The fourth-order valence-electron chi connectivity index (χ4n) is 2.97. The summed E-state index contributed by atoms with van der Waals surface area (Å²) in [6.45, 7) is 11.5. The Balaban J connectivity index is 2.11. The van der Waals surface area contributed by atoms with Crippen LogP contribution in [-0.2, 0) is 18.3 Å². The largest absolute Gasteiger partial charge is 0.383 e. The molecule has 2 rings (SSSR count). The number of methoxy groups -OCH3 is 1. The molecule has 1 N–H and O–H groups in total. The highest BCUT2D eigenvalue weighted by atomic mass is 16.5. The minimum absolute atomic E-state index is 0.402. The Bertz CT molecular complexity index is 453. The molecule has 114 valence electrons. The van der Waals surface area contributed by atoms with Crippen LogP contribution in [0.4, 0.5) is 5.82 Å². The Morgan fingerprint density at radius 3 is 2.75 bits per heavy atom. The van der Waals surface area contributed by atoms with Crippen LogP contribution in [0.15, 0.2) is 0 Å². The van der Waals surface area contributed by atoms with Crippen molar-refractivity contribution in [2.45, 2.75) is 33.7 Å². The third kappa shape index (κ3) is 3.33. The molecule has 1 aliphatic heterocycles. The summed E-state index contributed by atoms with van der Waals surface area (Å²) < 4.78 is 7.11. The summed E-state index contributed by atoms with van der Waals surface area (Å²) >= 11 is 0. The molecule has 1 saturated heterocycles. The molecule has 0 amide bonds. The second kappa shape index (κ2) is 6.14. The Kier molecular flexibility index (Phi) is 4.70. The number of hydrogen-bond acceptors (Lipinski definition) is 4. The maximum Gasteiger partial charge on any atom is 0.131 e. The molecule has 0 aromatic carbocycles. The quantitative estimate of drug-likeness (QED) is 0.806. The van der Waals surface area contributed by atoms with Crippen LogP contribution in [0, 0.1) is 12.3 Å². The third-order valence-corrected chi connectivity index (χ3v) is 4.07. The zero-order chi connectivity index (χ0) is 14.8. The Morgan fingerprint density at radius 2 is 2.15 bits per heavy atom. The predicted molar refractivity (Wildman–Crippen MR) is 82.1 cm³/mol. The van der Waals surface area contributed by atoms with Crippen LogP contribution in [0.2, 0.25) is 0 Å².